The minimum Gasteiger partial charge on any atom is -0.378 e. The van der Waals surface area contributed by atoms with Gasteiger partial charge in [0, 0.05) is 62.7 Å². The molecule has 2 aliphatic rings. The van der Waals surface area contributed by atoms with Crippen LogP contribution in [0.1, 0.15) is 57.2 Å². The van der Waals surface area contributed by atoms with Gasteiger partial charge in [-0.1, -0.05) is 34.6 Å². The summed E-state index contributed by atoms with van der Waals surface area (Å²) in [6.45, 7) is 15.5. The second-order valence-corrected chi connectivity index (χ2v) is 12.1. The molecule has 0 bridgehead atoms. The molecule has 0 saturated carbocycles. The van der Waals surface area contributed by atoms with Crippen molar-refractivity contribution in [1.29, 1.82) is 0 Å². The molecular formula is C26H44N6O3S. The van der Waals surface area contributed by atoms with Gasteiger partial charge in [-0.05, 0) is 18.6 Å². The molecule has 2 saturated heterocycles. The van der Waals surface area contributed by atoms with Crippen molar-refractivity contribution in [3.05, 3.63) is 17.6 Å². The quantitative estimate of drug-likeness (QED) is 0.479. The third-order valence-electron chi connectivity index (χ3n) is 6.55. The van der Waals surface area contributed by atoms with Gasteiger partial charge in [0.1, 0.15) is 17.2 Å². The number of anilines is 1. The van der Waals surface area contributed by atoms with E-state index in [4.69, 9.17) is 9.72 Å². The topological polar surface area (TPSA) is 99.7 Å². The average Bonchev–Trinajstić information content (AvgIpc) is 2.86. The lowest BCUT2D eigenvalue weighted by Crippen LogP contribution is -2.56. The minimum atomic E-state index is -0.227. The number of rotatable bonds is 9. The SMILES string of the molecule is CSCCNc1nc(C(C)(C)C)ncc1C(=O)N(CC(C)C)[C@@H]1CNC[C@H](C(=O)N2CCOCC2)C1. The fourth-order valence-electron chi connectivity index (χ4n) is 4.64. The van der Waals surface area contributed by atoms with Crippen LogP contribution in [0, 0.1) is 11.8 Å². The molecule has 2 amide bonds. The lowest BCUT2D eigenvalue weighted by molar-refractivity contribution is -0.140. The van der Waals surface area contributed by atoms with E-state index in [0.29, 0.717) is 76.1 Å². The Hall–Kier alpha value is -1.91. The number of hydrogen-bond donors (Lipinski definition) is 2. The maximum absolute atomic E-state index is 14.0. The zero-order valence-electron chi connectivity index (χ0n) is 22.8. The van der Waals surface area contributed by atoms with Gasteiger partial charge in [0.25, 0.3) is 5.91 Å². The maximum atomic E-state index is 14.0. The van der Waals surface area contributed by atoms with Gasteiger partial charge in [-0.2, -0.15) is 11.8 Å². The van der Waals surface area contributed by atoms with Crippen LogP contribution in [-0.2, 0) is 14.9 Å². The average molecular weight is 521 g/mol. The Morgan fingerprint density at radius 2 is 2.00 bits per heavy atom. The number of ether oxygens (including phenoxy) is 1. The molecule has 2 atom stereocenters. The standard InChI is InChI=1S/C26H44N6O3S/c1-18(2)17-32(20-13-19(14-27-15-20)23(33)31-8-10-35-11-9-31)24(34)21-16-29-25(26(3,4)5)30-22(21)28-7-12-36-6/h16,18-20,27H,7-15,17H2,1-6H3,(H,28,29,30)/t19-,20+/m1/s1. The van der Waals surface area contributed by atoms with Crippen molar-refractivity contribution in [1.82, 2.24) is 25.1 Å². The number of carbonyl (C=O) groups excluding carboxylic acids is 2. The van der Waals surface area contributed by atoms with Crippen molar-refractivity contribution in [2.75, 3.05) is 69.8 Å². The molecule has 10 heteroatoms. The first-order chi connectivity index (χ1) is 17.1. The molecule has 1 aromatic heterocycles. The molecule has 3 rings (SSSR count). The fraction of sp³-hybridized carbons (Fsp3) is 0.769. The molecule has 2 aliphatic heterocycles. The molecule has 202 valence electrons. The van der Waals surface area contributed by atoms with Crippen LogP contribution >= 0.6 is 11.8 Å². The minimum absolute atomic E-state index is 0.0787. The van der Waals surface area contributed by atoms with E-state index < -0.39 is 0 Å². The second kappa shape index (κ2) is 13.1. The maximum Gasteiger partial charge on any atom is 0.259 e. The van der Waals surface area contributed by atoms with Gasteiger partial charge in [0.05, 0.1) is 19.1 Å². The molecule has 0 unspecified atom stereocenters. The van der Waals surface area contributed by atoms with Crippen LogP contribution in [0.25, 0.3) is 0 Å². The lowest BCUT2D eigenvalue weighted by Gasteiger charge is -2.40. The third-order valence-corrected chi connectivity index (χ3v) is 7.16. The molecular weight excluding hydrogens is 476 g/mol. The first-order valence-electron chi connectivity index (χ1n) is 13.1. The molecule has 0 aliphatic carbocycles. The number of morpholine rings is 1. The zero-order valence-corrected chi connectivity index (χ0v) is 23.6. The van der Waals surface area contributed by atoms with E-state index in [0.717, 1.165) is 5.75 Å². The number of hydrogen-bond acceptors (Lipinski definition) is 8. The first-order valence-corrected chi connectivity index (χ1v) is 14.5. The van der Waals surface area contributed by atoms with Gasteiger partial charge in [-0.25, -0.2) is 9.97 Å². The number of thioether (sulfide) groups is 1. The van der Waals surface area contributed by atoms with Gasteiger partial charge in [-0.15, -0.1) is 0 Å². The van der Waals surface area contributed by atoms with Crippen LogP contribution in [-0.4, -0.2) is 102 Å². The van der Waals surface area contributed by atoms with E-state index in [-0.39, 0.29) is 35.1 Å². The van der Waals surface area contributed by atoms with Crippen LogP contribution in [0.15, 0.2) is 6.20 Å². The highest BCUT2D eigenvalue weighted by atomic mass is 32.2. The molecule has 2 N–H and O–H groups in total. The fourth-order valence-corrected chi connectivity index (χ4v) is 4.94. The number of amides is 2. The summed E-state index contributed by atoms with van der Waals surface area (Å²) >= 11 is 1.74. The van der Waals surface area contributed by atoms with Crippen LogP contribution in [0.2, 0.25) is 0 Å². The van der Waals surface area contributed by atoms with E-state index in [1.165, 1.54) is 0 Å². The monoisotopic (exact) mass is 520 g/mol. The predicted molar refractivity (Wildman–Crippen MR) is 146 cm³/mol. The number of aromatic nitrogens is 2. The molecule has 3 heterocycles. The summed E-state index contributed by atoms with van der Waals surface area (Å²) < 4.78 is 5.41. The third kappa shape index (κ3) is 7.55. The number of nitrogens with one attached hydrogen (secondary N) is 2. The highest BCUT2D eigenvalue weighted by Crippen LogP contribution is 2.26. The Morgan fingerprint density at radius 3 is 2.64 bits per heavy atom. The van der Waals surface area contributed by atoms with Gasteiger partial charge in [-0.3, -0.25) is 9.59 Å². The Bertz CT molecular complexity index is 885. The number of nitrogens with zero attached hydrogens (tertiary/aromatic N) is 4. The molecule has 9 nitrogen and oxygen atoms in total. The molecule has 1 aromatic rings. The number of carbonyl (C=O) groups is 2. The molecule has 0 radical (unpaired) electrons. The zero-order chi connectivity index (χ0) is 26.3. The highest BCUT2D eigenvalue weighted by Gasteiger charge is 2.36. The summed E-state index contributed by atoms with van der Waals surface area (Å²) in [5.41, 5.74) is 0.265. The van der Waals surface area contributed by atoms with Gasteiger partial charge in [0.2, 0.25) is 5.91 Å². The molecule has 0 spiro atoms. The van der Waals surface area contributed by atoms with E-state index >= 15 is 0 Å². The Balaban J connectivity index is 1.85. The summed E-state index contributed by atoms with van der Waals surface area (Å²) in [6, 6.07) is -0.0787. The van der Waals surface area contributed by atoms with E-state index in [2.05, 4.69) is 56.5 Å². The van der Waals surface area contributed by atoms with Crippen molar-refractivity contribution in [3.8, 4) is 0 Å². The van der Waals surface area contributed by atoms with E-state index in [1.807, 2.05) is 9.80 Å². The van der Waals surface area contributed by atoms with Crippen LogP contribution in [0.5, 0.6) is 0 Å². The van der Waals surface area contributed by atoms with Crippen molar-refractivity contribution in [2.24, 2.45) is 11.8 Å². The van der Waals surface area contributed by atoms with Gasteiger partial charge < -0.3 is 25.2 Å². The van der Waals surface area contributed by atoms with E-state index in [9.17, 15) is 9.59 Å². The first kappa shape index (κ1) is 28.7. The summed E-state index contributed by atoms with van der Waals surface area (Å²) in [5, 5.41) is 6.81. The van der Waals surface area contributed by atoms with Gasteiger partial charge in [0.15, 0.2) is 0 Å². The normalized spacial score (nSPS) is 20.9. The molecule has 36 heavy (non-hydrogen) atoms. The Labute approximate surface area is 220 Å². The van der Waals surface area contributed by atoms with Gasteiger partial charge >= 0.3 is 0 Å². The lowest BCUT2D eigenvalue weighted by atomic mass is 9.92. The van der Waals surface area contributed by atoms with E-state index in [1.54, 1.807) is 18.0 Å². The Morgan fingerprint density at radius 1 is 1.28 bits per heavy atom. The Kier molecular flexibility index (Phi) is 10.4. The summed E-state index contributed by atoms with van der Waals surface area (Å²) in [5.74, 6) is 2.42. The smallest absolute Gasteiger partial charge is 0.259 e. The molecule has 0 aromatic carbocycles. The van der Waals surface area contributed by atoms with Crippen molar-refractivity contribution in [2.45, 2.75) is 52.5 Å². The predicted octanol–water partition coefficient (Wildman–Crippen LogP) is 2.48. The largest absolute Gasteiger partial charge is 0.378 e. The number of piperidine rings is 1. The summed E-state index contributed by atoms with van der Waals surface area (Å²) in [4.78, 5) is 40.4. The summed E-state index contributed by atoms with van der Waals surface area (Å²) in [6.07, 6.45) is 4.39. The van der Waals surface area contributed by atoms with Crippen LogP contribution < -0.4 is 10.6 Å². The van der Waals surface area contributed by atoms with Crippen LogP contribution in [0.4, 0.5) is 5.82 Å². The summed E-state index contributed by atoms with van der Waals surface area (Å²) in [7, 11) is 0. The molecule has 2 fully saturated rings. The van der Waals surface area contributed by atoms with Crippen molar-refractivity contribution in [3.63, 3.8) is 0 Å². The highest BCUT2D eigenvalue weighted by molar-refractivity contribution is 7.98. The van der Waals surface area contributed by atoms with Crippen molar-refractivity contribution < 1.29 is 14.3 Å². The van der Waals surface area contributed by atoms with Crippen molar-refractivity contribution >= 4 is 29.4 Å². The second-order valence-electron chi connectivity index (χ2n) is 11.2. The van der Waals surface area contributed by atoms with Crippen LogP contribution in [0.3, 0.4) is 0 Å².